The molecule has 5 saturated heterocycles. The van der Waals surface area contributed by atoms with Gasteiger partial charge in [0.25, 0.3) is 11.4 Å². The van der Waals surface area contributed by atoms with Crippen LogP contribution in [0.1, 0.15) is 182 Å². The predicted molar refractivity (Wildman–Crippen MR) is 568 cm³/mol. The molecule has 4 unspecified atom stereocenters. The van der Waals surface area contributed by atoms with Crippen molar-refractivity contribution in [3.63, 3.8) is 0 Å². The molecular formula is C107H115Br8Cl4N14O9+7. The van der Waals surface area contributed by atoms with Crippen molar-refractivity contribution >= 4 is 203 Å². The van der Waals surface area contributed by atoms with Gasteiger partial charge in [-0.1, -0.05) is 70.7 Å². The van der Waals surface area contributed by atoms with E-state index in [0.29, 0.717) is 103 Å². The molecule has 744 valence electrons. The van der Waals surface area contributed by atoms with Crippen LogP contribution < -0.4 is 32.6 Å². The Hall–Kier alpha value is -7.60. The lowest BCUT2D eigenvalue weighted by molar-refractivity contribution is -0.911. The number of aryl methyl sites for hydroxylation is 7. The molecule has 11 aromatic rings. The summed E-state index contributed by atoms with van der Waals surface area (Å²) in [6, 6.07) is 36.3. The van der Waals surface area contributed by atoms with Crippen LogP contribution in [-0.4, -0.2) is 176 Å². The van der Waals surface area contributed by atoms with Gasteiger partial charge in [0.2, 0.25) is 65.7 Å². The predicted octanol–water partition coefficient (Wildman–Crippen LogP) is 18.0. The molecule has 4 aliphatic carbocycles. The van der Waals surface area contributed by atoms with Gasteiger partial charge in [-0.3, -0.25) is 54.6 Å². The van der Waals surface area contributed by atoms with Gasteiger partial charge in [-0.25, -0.2) is 13.7 Å². The standard InChI is InChI=1S/C27H32Br2ClN4O3.2C27H28Br2ClN3O2.C26H27Br2ClN4O2/c1-17(35)31-8-6-18(7-9-31)14-24(36)32-10-12-33(13-11-32)27-22-4-5-23(30)25(29)21(22)3-2-19-15-20(28)16-34(37)26(19)27;2*1-31-10-6-17(7-11-31)14-24(34)32-12-8-18(9-13-32)25-21-4-5-23(30)26(29)22(21)3-2-19-15-20(28)16-33(35)27(19)25;1-30-8-6-17(7-9-30)14-23(34)31-10-12-32(13-11-31)26-21-4-5-22(29)24(28)20(21)3-2-18-15-19(27)16-33(35)25(18)26/h4-5,15-16,18,27,37H,2-3,6-14H2,1H3;2*4-7,10-11,15-16,18,25,35H,2-3,8-9,12-14H2,1H3;4-9,15-16,26,35H,2-3,10-14H2,1H3/q+1;3*+2. The molecule has 7 aromatic heterocycles. The molecule has 5 aliphatic heterocycles. The van der Waals surface area contributed by atoms with Gasteiger partial charge in [-0.2, -0.15) is 0 Å². The van der Waals surface area contributed by atoms with E-state index >= 15 is 0 Å². The Morgan fingerprint density at radius 3 is 0.887 bits per heavy atom. The number of hydrogen-bond acceptors (Lipinski definition) is 11. The molecule has 5 amide bonds. The van der Waals surface area contributed by atoms with Gasteiger partial charge in [0.1, 0.15) is 33.2 Å². The molecule has 0 spiro atoms. The summed E-state index contributed by atoms with van der Waals surface area (Å²) in [6.45, 7) is 11.5. The second-order valence-corrected chi connectivity index (χ2v) is 47.2. The van der Waals surface area contributed by atoms with Gasteiger partial charge in [0.05, 0.1) is 69.1 Å². The largest absolute Gasteiger partial charge is 0.343 e. The molecule has 0 saturated carbocycles. The summed E-state index contributed by atoms with van der Waals surface area (Å²) in [5.41, 5.74) is 20.7. The molecule has 9 aliphatic rings. The van der Waals surface area contributed by atoms with E-state index in [4.69, 9.17) is 46.4 Å². The second-order valence-electron chi connectivity index (χ2n) is 38.7. The zero-order valence-electron chi connectivity index (χ0n) is 79.5. The lowest BCUT2D eigenvalue weighted by Gasteiger charge is -2.39. The minimum Gasteiger partial charge on any atom is -0.343 e. The van der Waals surface area contributed by atoms with Crippen molar-refractivity contribution in [1.29, 1.82) is 0 Å². The van der Waals surface area contributed by atoms with Crippen LogP contribution >= 0.6 is 174 Å². The molecule has 23 nitrogen and oxygen atoms in total. The van der Waals surface area contributed by atoms with Crippen LogP contribution in [-0.2, 0) is 116 Å². The van der Waals surface area contributed by atoms with Crippen LogP contribution in [0.3, 0.4) is 0 Å². The fourth-order valence-electron chi connectivity index (χ4n) is 22.5. The van der Waals surface area contributed by atoms with E-state index in [2.05, 4.69) is 186 Å². The molecule has 20 rings (SSSR count). The molecule has 0 radical (unpaired) electrons. The highest BCUT2D eigenvalue weighted by atomic mass is 79.9. The van der Waals surface area contributed by atoms with E-state index in [-0.39, 0.29) is 53.5 Å². The third-order valence-corrected chi connectivity index (χ3v) is 37.5. The van der Waals surface area contributed by atoms with Crippen molar-refractivity contribution in [2.75, 3.05) is 91.6 Å². The average molecular weight is 2520 g/mol. The van der Waals surface area contributed by atoms with E-state index in [1.54, 1.807) is 31.7 Å². The Labute approximate surface area is 916 Å². The first kappa shape index (κ1) is 106. The lowest BCUT2D eigenvalue weighted by Crippen LogP contribution is -2.52. The van der Waals surface area contributed by atoms with E-state index in [1.165, 1.54) is 52.3 Å². The van der Waals surface area contributed by atoms with Crippen molar-refractivity contribution in [3.05, 3.63) is 333 Å². The van der Waals surface area contributed by atoms with Crippen molar-refractivity contribution < 1.29 is 77.4 Å². The third kappa shape index (κ3) is 24.0. The van der Waals surface area contributed by atoms with Gasteiger partial charge in [-0.05, 0) is 345 Å². The number of carbonyl (C=O) groups excluding carboxylic acids is 5. The minimum absolute atomic E-state index is 0.0283. The molecule has 35 heteroatoms. The molecule has 4 N–H and O–H groups in total. The second kappa shape index (κ2) is 46.9. The monoisotopic (exact) mass is 2510 g/mol. The maximum absolute atomic E-state index is 13.1. The highest BCUT2D eigenvalue weighted by Gasteiger charge is 2.47. The Kier molecular flexibility index (Phi) is 34.9. The number of hydrogen-bond donors (Lipinski definition) is 4. The zero-order chi connectivity index (χ0) is 100. The highest BCUT2D eigenvalue weighted by molar-refractivity contribution is 9.11. The van der Waals surface area contributed by atoms with Crippen LogP contribution in [0.25, 0.3) is 0 Å². The van der Waals surface area contributed by atoms with Gasteiger partial charge >= 0.3 is 0 Å². The van der Waals surface area contributed by atoms with Gasteiger partial charge < -0.3 is 24.5 Å². The van der Waals surface area contributed by atoms with Crippen molar-refractivity contribution in [2.45, 2.75) is 146 Å². The van der Waals surface area contributed by atoms with Crippen molar-refractivity contribution in [3.8, 4) is 0 Å². The lowest BCUT2D eigenvalue weighted by atomic mass is 9.76. The minimum atomic E-state index is -0.146. The number of rotatable bonds is 12. The number of carbonyl (C=O) groups is 5. The fourth-order valence-corrected chi connectivity index (χ4v) is 27.3. The van der Waals surface area contributed by atoms with Gasteiger partial charge in [-0.15, -0.1) is 0 Å². The molecule has 4 aromatic carbocycles. The van der Waals surface area contributed by atoms with Gasteiger partial charge in [0, 0.05) is 200 Å². The first-order valence-electron chi connectivity index (χ1n) is 48.4. The normalized spacial score (nSPS) is 18.8. The first-order valence-corrected chi connectivity index (χ1v) is 56.3. The molecule has 12 heterocycles. The average Bonchev–Trinajstić information content (AvgIpc) is 1.58. The number of halogens is 12. The summed E-state index contributed by atoms with van der Waals surface area (Å²) in [5, 5.41) is 46.8. The number of fused-ring (bicyclic) bond motifs is 8. The summed E-state index contributed by atoms with van der Waals surface area (Å²) in [4.78, 5) is 78.3. The van der Waals surface area contributed by atoms with Crippen LogP contribution in [0.2, 0.25) is 20.1 Å². The van der Waals surface area contributed by atoms with Gasteiger partial charge in [0.15, 0.2) is 37.2 Å². The summed E-state index contributed by atoms with van der Waals surface area (Å²) < 4.78 is 18.1. The van der Waals surface area contributed by atoms with E-state index in [0.717, 1.165) is 251 Å². The number of piperazine rings is 2. The number of likely N-dealkylation sites (tertiary alicyclic amines) is 3. The molecule has 4 atom stereocenters. The summed E-state index contributed by atoms with van der Waals surface area (Å²) >= 11 is 54.9. The number of pyridine rings is 7. The van der Waals surface area contributed by atoms with E-state index in [1.807, 2.05) is 157 Å². The highest BCUT2D eigenvalue weighted by Crippen LogP contribution is 2.50. The maximum Gasteiger partial charge on any atom is 0.258 e. The summed E-state index contributed by atoms with van der Waals surface area (Å²) in [5.74, 6) is 1.83. The first-order chi connectivity index (χ1) is 68.2. The Balaban J connectivity index is 0.000000130. The van der Waals surface area contributed by atoms with Crippen molar-refractivity contribution in [1.82, 2.24) is 34.3 Å². The van der Waals surface area contributed by atoms with Crippen LogP contribution in [0.15, 0.2) is 207 Å². The number of aromatic nitrogens is 7. The van der Waals surface area contributed by atoms with Crippen LogP contribution in [0.5, 0.6) is 0 Å². The fraction of sp³-hybridized carbons (Fsp3) is 0.402. The number of amides is 5. The number of piperidine rings is 3. The zero-order valence-corrected chi connectivity index (χ0v) is 95.2. The molecule has 5 fully saturated rings. The third-order valence-electron chi connectivity index (χ3n) is 29.9. The van der Waals surface area contributed by atoms with E-state index < -0.39 is 0 Å². The molecule has 142 heavy (non-hydrogen) atoms. The molecule has 0 bridgehead atoms. The van der Waals surface area contributed by atoms with Crippen molar-refractivity contribution in [2.24, 2.45) is 38.9 Å². The van der Waals surface area contributed by atoms with E-state index in [9.17, 15) is 44.8 Å². The van der Waals surface area contributed by atoms with Crippen LogP contribution in [0, 0.1) is 17.8 Å². The SMILES string of the molecule is CC(=O)N1CCC(CC(=O)N2CCN(C3c4ccc(Cl)c(Br)c4CCc4cc(Br)c[n+](O)c43)CC2)CC1.C[n+]1ccc(CC(=O)N2CCC(C3c4ccc(Cl)c(Br)c4CCc4cc(Br)c[n+](O)c43)CC2)cc1.C[n+]1ccc(CC(=O)N2CCC(C3c4ccc(Cl)c(Br)c4CCc4cc(Br)c[n+](O)c43)CC2)cc1.C[n+]1ccc(CC(=O)N2CCN(C3c4ccc(Cl)c(Br)c4CCc4cc(Br)c[n+](O)c43)CC2)cc1. The number of nitrogens with zero attached hydrogens (tertiary/aromatic N) is 14. The maximum atomic E-state index is 13.1. The number of benzene rings is 4. The topological polar surface area (TPSA) is 216 Å². The Morgan fingerprint density at radius 1 is 0.324 bits per heavy atom. The van der Waals surface area contributed by atoms with Crippen LogP contribution in [0.4, 0.5) is 0 Å². The molecular weight excluding hydrogens is 2410 g/mol. The quantitative estimate of drug-likeness (QED) is 0.0666. The summed E-state index contributed by atoms with van der Waals surface area (Å²) in [6.07, 6.45) is 32.4. The Morgan fingerprint density at radius 2 is 0.585 bits per heavy atom. The Bertz CT molecular complexity index is 6130. The summed E-state index contributed by atoms with van der Waals surface area (Å²) in [7, 11) is 5.92. The smallest absolute Gasteiger partial charge is 0.258 e.